The van der Waals surface area contributed by atoms with Crippen molar-refractivity contribution in [3.05, 3.63) is 17.7 Å². The number of carbonyl (C=O) groups is 2. The Hall–Kier alpha value is -2.56. The van der Waals surface area contributed by atoms with Crippen LogP contribution in [0.15, 0.2) is 12.1 Å². The number of likely N-dealkylation sites (N-methyl/N-ethyl adjacent to an activating group) is 1. The lowest BCUT2D eigenvalue weighted by atomic mass is 9.92. The van der Waals surface area contributed by atoms with Crippen molar-refractivity contribution in [2.45, 2.75) is 51.2 Å². The molecule has 11 heteroatoms. The van der Waals surface area contributed by atoms with Crippen LogP contribution in [0.2, 0.25) is 0 Å². The van der Waals surface area contributed by atoms with Crippen LogP contribution in [0.4, 0.5) is 18.0 Å². The van der Waals surface area contributed by atoms with Crippen LogP contribution in [-0.4, -0.2) is 49.4 Å². The minimum Gasteiger partial charge on any atom is -0.477 e. The highest BCUT2D eigenvalue weighted by Crippen LogP contribution is 2.36. The van der Waals surface area contributed by atoms with Crippen LogP contribution in [0, 0.1) is 5.92 Å². The van der Waals surface area contributed by atoms with Crippen molar-refractivity contribution in [2.75, 3.05) is 26.9 Å². The van der Waals surface area contributed by atoms with E-state index in [2.05, 4.69) is 15.6 Å². The first-order valence-electron chi connectivity index (χ1n) is 10.2. The molecule has 0 radical (unpaired) electrons. The molecule has 0 aromatic carbocycles. The number of rotatable bonds is 8. The average molecular weight is 447 g/mol. The molecule has 0 bridgehead atoms. The van der Waals surface area contributed by atoms with Crippen LogP contribution < -0.4 is 20.1 Å². The molecule has 31 heavy (non-hydrogen) atoms. The van der Waals surface area contributed by atoms with Crippen LogP contribution in [0.5, 0.6) is 11.8 Å². The maximum absolute atomic E-state index is 13.3. The Kier molecular flexibility index (Phi) is 8.49. The van der Waals surface area contributed by atoms with Crippen molar-refractivity contribution in [3.8, 4) is 11.8 Å². The third-order valence-electron chi connectivity index (χ3n) is 5.34. The first-order chi connectivity index (χ1) is 14.6. The molecule has 0 spiro atoms. The predicted molar refractivity (Wildman–Crippen MR) is 105 cm³/mol. The Morgan fingerprint density at radius 2 is 1.84 bits per heavy atom. The fourth-order valence-electron chi connectivity index (χ4n) is 3.28. The minimum absolute atomic E-state index is 0.0422. The van der Waals surface area contributed by atoms with Gasteiger partial charge in [-0.2, -0.15) is 18.2 Å². The molecule has 0 aliphatic carbocycles. The van der Waals surface area contributed by atoms with Gasteiger partial charge in [0.25, 0.3) is 0 Å². The van der Waals surface area contributed by atoms with E-state index < -0.39 is 35.2 Å². The van der Waals surface area contributed by atoms with E-state index in [1.54, 1.807) is 13.8 Å². The van der Waals surface area contributed by atoms with Crippen molar-refractivity contribution < 1.29 is 37.0 Å². The molecule has 1 aromatic rings. The number of aromatic nitrogens is 1. The van der Waals surface area contributed by atoms with Gasteiger partial charge in [-0.3, -0.25) is 4.79 Å². The molecule has 2 rings (SSSR count). The van der Waals surface area contributed by atoms with Crippen molar-refractivity contribution in [1.29, 1.82) is 0 Å². The van der Waals surface area contributed by atoms with Gasteiger partial charge in [-0.05, 0) is 37.7 Å². The number of nitrogens with zero attached hydrogens (tertiary/aromatic N) is 1. The van der Waals surface area contributed by atoms with Crippen LogP contribution in [-0.2, 0) is 15.7 Å². The van der Waals surface area contributed by atoms with E-state index in [1.165, 1.54) is 7.05 Å². The molecular formula is C20H28F3N3O5. The molecule has 1 aromatic heterocycles. The SMILES string of the molecule is CCC(CC)(NC(=O)Oc1ccc(C(F)(F)F)c(OCC2CCOCC2)n1)C(=O)NC. The topological polar surface area (TPSA) is 98.8 Å². The molecular weight excluding hydrogens is 419 g/mol. The average Bonchev–Trinajstić information content (AvgIpc) is 2.75. The minimum atomic E-state index is -4.68. The van der Waals surface area contributed by atoms with Gasteiger partial charge in [0.2, 0.25) is 17.7 Å². The molecule has 2 heterocycles. The van der Waals surface area contributed by atoms with Crippen LogP contribution in [0.3, 0.4) is 0 Å². The molecule has 2 N–H and O–H groups in total. The van der Waals surface area contributed by atoms with Crippen LogP contribution in [0.25, 0.3) is 0 Å². The summed E-state index contributed by atoms with van der Waals surface area (Å²) in [6, 6.07) is 1.68. The number of carbonyl (C=O) groups excluding carboxylic acids is 2. The second-order valence-corrected chi connectivity index (χ2v) is 7.25. The zero-order valence-electron chi connectivity index (χ0n) is 17.8. The smallest absolute Gasteiger partial charge is 0.421 e. The van der Waals surface area contributed by atoms with E-state index in [-0.39, 0.29) is 31.2 Å². The maximum atomic E-state index is 13.3. The number of hydrogen-bond donors (Lipinski definition) is 2. The Labute approximate surface area is 178 Å². The monoisotopic (exact) mass is 447 g/mol. The van der Waals surface area contributed by atoms with Gasteiger partial charge < -0.3 is 24.8 Å². The highest BCUT2D eigenvalue weighted by molar-refractivity contribution is 5.90. The first-order valence-corrected chi connectivity index (χ1v) is 10.2. The van der Waals surface area contributed by atoms with Crippen LogP contribution in [0.1, 0.15) is 45.1 Å². The predicted octanol–water partition coefficient (Wildman–Crippen LogP) is 3.30. The molecule has 1 aliphatic heterocycles. The molecule has 2 amide bonds. The highest BCUT2D eigenvalue weighted by Gasteiger charge is 2.38. The highest BCUT2D eigenvalue weighted by atomic mass is 19.4. The Morgan fingerprint density at radius 3 is 2.39 bits per heavy atom. The quantitative estimate of drug-likeness (QED) is 0.635. The molecule has 1 fully saturated rings. The first kappa shape index (κ1) is 24.7. The lowest BCUT2D eigenvalue weighted by Crippen LogP contribution is -2.58. The van der Waals surface area contributed by atoms with Crippen molar-refractivity contribution in [2.24, 2.45) is 5.92 Å². The summed E-state index contributed by atoms with van der Waals surface area (Å²) in [7, 11) is 1.44. The molecule has 0 saturated carbocycles. The van der Waals surface area contributed by atoms with Gasteiger partial charge in [-0.25, -0.2) is 4.79 Å². The third-order valence-corrected chi connectivity index (χ3v) is 5.34. The second-order valence-electron chi connectivity index (χ2n) is 7.25. The van der Waals surface area contributed by atoms with Gasteiger partial charge >= 0.3 is 12.3 Å². The molecule has 1 aliphatic rings. The third kappa shape index (κ3) is 6.46. The van der Waals surface area contributed by atoms with E-state index in [0.29, 0.717) is 26.1 Å². The van der Waals surface area contributed by atoms with E-state index >= 15 is 0 Å². The molecule has 174 valence electrons. The van der Waals surface area contributed by atoms with Crippen molar-refractivity contribution in [3.63, 3.8) is 0 Å². The second kappa shape index (κ2) is 10.7. The summed E-state index contributed by atoms with van der Waals surface area (Å²) >= 11 is 0. The number of pyridine rings is 1. The van der Waals surface area contributed by atoms with Gasteiger partial charge in [0.05, 0.1) is 6.61 Å². The van der Waals surface area contributed by atoms with E-state index in [0.717, 1.165) is 12.1 Å². The van der Waals surface area contributed by atoms with Gasteiger partial charge in [-0.1, -0.05) is 13.8 Å². The summed E-state index contributed by atoms with van der Waals surface area (Å²) in [6.07, 6.45) is -3.76. The zero-order chi connectivity index (χ0) is 23.1. The number of ether oxygens (including phenoxy) is 3. The lowest BCUT2D eigenvalue weighted by Gasteiger charge is -2.30. The van der Waals surface area contributed by atoms with Gasteiger partial charge in [-0.15, -0.1) is 0 Å². The fraction of sp³-hybridized carbons (Fsp3) is 0.650. The summed E-state index contributed by atoms with van der Waals surface area (Å²) in [5.41, 5.74) is -2.27. The molecule has 0 atom stereocenters. The normalized spacial score (nSPS) is 15.3. The number of halogens is 3. The number of amides is 2. The molecule has 1 saturated heterocycles. The van der Waals surface area contributed by atoms with Gasteiger partial charge in [0.1, 0.15) is 11.1 Å². The van der Waals surface area contributed by atoms with Gasteiger partial charge in [0, 0.05) is 26.3 Å². The van der Waals surface area contributed by atoms with Crippen molar-refractivity contribution in [1.82, 2.24) is 15.6 Å². The standard InChI is InChI=1S/C20H28F3N3O5/c1-4-19(5-2,17(27)24-3)26-18(28)31-15-7-6-14(20(21,22)23)16(25-15)30-12-13-8-10-29-11-9-13/h6-7,13H,4-5,8-12H2,1-3H3,(H,24,27)(H,26,28). The fourth-order valence-corrected chi connectivity index (χ4v) is 3.28. The summed E-state index contributed by atoms with van der Waals surface area (Å²) < 4.78 is 55.7. The summed E-state index contributed by atoms with van der Waals surface area (Å²) in [5.74, 6) is -1.39. The summed E-state index contributed by atoms with van der Waals surface area (Å²) in [4.78, 5) is 28.3. The van der Waals surface area contributed by atoms with Gasteiger partial charge in [0.15, 0.2) is 0 Å². The van der Waals surface area contributed by atoms with E-state index in [9.17, 15) is 22.8 Å². The maximum Gasteiger partial charge on any atom is 0.421 e. The summed E-state index contributed by atoms with van der Waals surface area (Å²) in [6.45, 7) is 4.54. The Bertz CT molecular complexity index is 763. The lowest BCUT2D eigenvalue weighted by molar-refractivity contribution is -0.139. The number of hydrogen-bond acceptors (Lipinski definition) is 6. The van der Waals surface area contributed by atoms with Crippen molar-refractivity contribution >= 4 is 12.0 Å². The number of nitrogens with one attached hydrogen (secondary N) is 2. The van der Waals surface area contributed by atoms with E-state index in [4.69, 9.17) is 14.2 Å². The summed E-state index contributed by atoms with van der Waals surface area (Å²) in [5, 5.41) is 4.97. The Balaban J connectivity index is 2.16. The molecule has 0 unspecified atom stereocenters. The largest absolute Gasteiger partial charge is 0.477 e. The zero-order valence-corrected chi connectivity index (χ0v) is 17.8. The number of alkyl halides is 3. The van der Waals surface area contributed by atoms with E-state index in [1.807, 2.05) is 0 Å². The molecule has 8 nitrogen and oxygen atoms in total. The van der Waals surface area contributed by atoms with Crippen LogP contribution >= 0.6 is 0 Å². The Morgan fingerprint density at radius 1 is 1.19 bits per heavy atom.